The number of ether oxygens (including phenoxy) is 1. The van der Waals surface area contributed by atoms with Gasteiger partial charge in [0.15, 0.2) is 11.5 Å². The number of nitrogens with one attached hydrogen (secondary N) is 1. The number of para-hydroxylation sites is 1. The normalized spacial score (nSPS) is 21.4. The molecular formula is C14H19NO3. The third kappa shape index (κ3) is 2.58. The van der Waals surface area contributed by atoms with Crippen LogP contribution in [-0.2, 0) is 0 Å². The molecule has 1 aliphatic carbocycles. The SMILES string of the molecule is CCCC1CC1NC(=O)c1cccc(OC)c1O. The summed E-state index contributed by atoms with van der Waals surface area (Å²) in [5.74, 6) is 0.607. The maximum Gasteiger partial charge on any atom is 0.255 e. The number of rotatable bonds is 5. The lowest BCUT2D eigenvalue weighted by Gasteiger charge is -2.09. The van der Waals surface area contributed by atoms with Gasteiger partial charge in [-0.1, -0.05) is 19.4 Å². The van der Waals surface area contributed by atoms with Crippen LogP contribution in [0.15, 0.2) is 18.2 Å². The van der Waals surface area contributed by atoms with Gasteiger partial charge in [-0.2, -0.15) is 0 Å². The lowest BCUT2D eigenvalue weighted by molar-refractivity contribution is 0.0945. The number of methoxy groups -OCH3 is 1. The van der Waals surface area contributed by atoms with E-state index in [0.29, 0.717) is 11.7 Å². The maximum absolute atomic E-state index is 12.0. The number of aromatic hydroxyl groups is 1. The Morgan fingerprint density at radius 3 is 3.00 bits per heavy atom. The van der Waals surface area contributed by atoms with E-state index in [9.17, 15) is 9.90 Å². The summed E-state index contributed by atoms with van der Waals surface area (Å²) in [5.41, 5.74) is 0.275. The Balaban J connectivity index is 2.02. The highest BCUT2D eigenvalue weighted by Gasteiger charge is 2.37. The number of hydrogen-bond donors (Lipinski definition) is 2. The fourth-order valence-electron chi connectivity index (χ4n) is 2.23. The van der Waals surface area contributed by atoms with Crippen molar-refractivity contribution in [2.24, 2.45) is 5.92 Å². The van der Waals surface area contributed by atoms with Crippen molar-refractivity contribution in [3.63, 3.8) is 0 Å². The second-order valence-electron chi connectivity index (χ2n) is 4.72. The number of carbonyl (C=O) groups is 1. The van der Waals surface area contributed by atoms with Crippen molar-refractivity contribution in [2.45, 2.75) is 32.2 Å². The van der Waals surface area contributed by atoms with Crippen LogP contribution in [0.3, 0.4) is 0 Å². The molecule has 0 aliphatic heterocycles. The molecule has 4 heteroatoms. The Morgan fingerprint density at radius 1 is 1.56 bits per heavy atom. The molecule has 98 valence electrons. The Kier molecular flexibility index (Phi) is 3.75. The molecule has 0 heterocycles. The second kappa shape index (κ2) is 5.29. The van der Waals surface area contributed by atoms with Crippen molar-refractivity contribution >= 4 is 5.91 Å². The lowest BCUT2D eigenvalue weighted by Crippen LogP contribution is -2.26. The fourth-order valence-corrected chi connectivity index (χ4v) is 2.23. The Bertz CT molecular complexity index is 445. The van der Waals surface area contributed by atoms with Gasteiger partial charge >= 0.3 is 0 Å². The topological polar surface area (TPSA) is 58.6 Å². The molecule has 1 aromatic carbocycles. The smallest absolute Gasteiger partial charge is 0.255 e. The number of amides is 1. The molecule has 1 aliphatic rings. The molecule has 0 spiro atoms. The predicted octanol–water partition coefficient (Wildman–Crippen LogP) is 2.32. The standard InChI is InChI=1S/C14H19NO3/c1-3-5-9-8-11(9)15-14(17)10-6-4-7-12(18-2)13(10)16/h4,6-7,9,11,16H,3,5,8H2,1-2H3,(H,15,17). The fraction of sp³-hybridized carbons (Fsp3) is 0.500. The van der Waals surface area contributed by atoms with Crippen molar-refractivity contribution in [2.75, 3.05) is 7.11 Å². The van der Waals surface area contributed by atoms with Crippen LogP contribution in [0.25, 0.3) is 0 Å². The molecule has 2 rings (SSSR count). The van der Waals surface area contributed by atoms with Crippen molar-refractivity contribution in [1.82, 2.24) is 5.32 Å². The predicted molar refractivity (Wildman–Crippen MR) is 68.9 cm³/mol. The summed E-state index contributed by atoms with van der Waals surface area (Å²) < 4.78 is 4.99. The first-order chi connectivity index (χ1) is 8.67. The van der Waals surface area contributed by atoms with E-state index in [1.165, 1.54) is 7.11 Å². The average molecular weight is 249 g/mol. The van der Waals surface area contributed by atoms with Gasteiger partial charge < -0.3 is 15.2 Å². The van der Waals surface area contributed by atoms with Gasteiger partial charge in [0.2, 0.25) is 0 Å². The molecule has 0 saturated heterocycles. The van der Waals surface area contributed by atoms with Gasteiger partial charge in [0, 0.05) is 6.04 Å². The molecule has 2 atom stereocenters. The largest absolute Gasteiger partial charge is 0.504 e. The third-order valence-electron chi connectivity index (χ3n) is 3.36. The van der Waals surface area contributed by atoms with Crippen LogP contribution in [0.4, 0.5) is 0 Å². The summed E-state index contributed by atoms with van der Waals surface area (Å²) in [5, 5.41) is 12.8. The summed E-state index contributed by atoms with van der Waals surface area (Å²) in [7, 11) is 1.47. The minimum absolute atomic E-state index is 0.0924. The zero-order valence-electron chi connectivity index (χ0n) is 10.8. The van der Waals surface area contributed by atoms with E-state index in [0.717, 1.165) is 19.3 Å². The first kappa shape index (κ1) is 12.7. The molecule has 1 saturated carbocycles. The summed E-state index contributed by atoms with van der Waals surface area (Å²) >= 11 is 0. The van der Waals surface area contributed by atoms with Crippen LogP contribution in [0.1, 0.15) is 36.5 Å². The molecule has 1 aromatic rings. The van der Waals surface area contributed by atoms with Crippen LogP contribution in [0.5, 0.6) is 11.5 Å². The van der Waals surface area contributed by atoms with E-state index in [4.69, 9.17) is 4.74 Å². The molecule has 0 bridgehead atoms. The van der Waals surface area contributed by atoms with E-state index in [1.807, 2.05) is 0 Å². The number of phenolic OH excluding ortho intramolecular Hbond substituents is 1. The second-order valence-corrected chi connectivity index (χ2v) is 4.72. The van der Waals surface area contributed by atoms with Gasteiger partial charge in [0.25, 0.3) is 5.91 Å². The quantitative estimate of drug-likeness (QED) is 0.842. The Hall–Kier alpha value is -1.71. The van der Waals surface area contributed by atoms with Gasteiger partial charge in [-0.05, 0) is 30.9 Å². The van der Waals surface area contributed by atoms with Crippen molar-refractivity contribution in [3.05, 3.63) is 23.8 Å². The zero-order valence-corrected chi connectivity index (χ0v) is 10.8. The van der Waals surface area contributed by atoms with Crippen molar-refractivity contribution in [3.8, 4) is 11.5 Å². The number of phenols is 1. The average Bonchev–Trinajstić information content (AvgIpc) is 3.08. The highest BCUT2D eigenvalue weighted by atomic mass is 16.5. The molecule has 0 aromatic heterocycles. The van der Waals surface area contributed by atoms with Crippen LogP contribution in [0, 0.1) is 5.92 Å². The first-order valence-electron chi connectivity index (χ1n) is 6.34. The van der Waals surface area contributed by atoms with Crippen LogP contribution in [-0.4, -0.2) is 24.2 Å². The van der Waals surface area contributed by atoms with E-state index in [2.05, 4.69) is 12.2 Å². The monoisotopic (exact) mass is 249 g/mol. The van der Waals surface area contributed by atoms with Crippen molar-refractivity contribution in [1.29, 1.82) is 0 Å². The van der Waals surface area contributed by atoms with Crippen LogP contribution in [0.2, 0.25) is 0 Å². The summed E-state index contributed by atoms with van der Waals surface area (Å²) in [6, 6.07) is 5.19. The van der Waals surface area contributed by atoms with Gasteiger partial charge in [0.05, 0.1) is 12.7 Å². The summed E-state index contributed by atoms with van der Waals surface area (Å²) in [6.07, 6.45) is 3.33. The summed E-state index contributed by atoms with van der Waals surface area (Å²) in [6.45, 7) is 2.14. The first-order valence-corrected chi connectivity index (χ1v) is 6.34. The van der Waals surface area contributed by atoms with Gasteiger partial charge in [0.1, 0.15) is 0 Å². The molecule has 0 radical (unpaired) electrons. The third-order valence-corrected chi connectivity index (χ3v) is 3.36. The molecule has 18 heavy (non-hydrogen) atoms. The molecule has 2 N–H and O–H groups in total. The molecule has 2 unspecified atom stereocenters. The number of hydrogen-bond acceptors (Lipinski definition) is 3. The maximum atomic E-state index is 12.0. The van der Waals surface area contributed by atoms with Crippen LogP contribution < -0.4 is 10.1 Å². The highest BCUT2D eigenvalue weighted by molar-refractivity contribution is 5.98. The molecule has 1 fully saturated rings. The Morgan fingerprint density at radius 2 is 2.33 bits per heavy atom. The lowest BCUT2D eigenvalue weighted by atomic mass is 10.1. The summed E-state index contributed by atoms with van der Waals surface area (Å²) in [4.78, 5) is 12.0. The van der Waals surface area contributed by atoms with Gasteiger partial charge in [-0.3, -0.25) is 4.79 Å². The minimum atomic E-state index is -0.227. The van der Waals surface area contributed by atoms with Gasteiger partial charge in [-0.25, -0.2) is 0 Å². The number of benzene rings is 1. The van der Waals surface area contributed by atoms with E-state index in [-0.39, 0.29) is 23.3 Å². The molecule has 1 amide bonds. The minimum Gasteiger partial charge on any atom is -0.504 e. The number of carbonyl (C=O) groups excluding carboxylic acids is 1. The van der Waals surface area contributed by atoms with Crippen molar-refractivity contribution < 1.29 is 14.6 Å². The van der Waals surface area contributed by atoms with E-state index in [1.54, 1.807) is 18.2 Å². The zero-order chi connectivity index (χ0) is 13.1. The van der Waals surface area contributed by atoms with Crippen LogP contribution >= 0.6 is 0 Å². The molecule has 4 nitrogen and oxygen atoms in total. The van der Waals surface area contributed by atoms with Gasteiger partial charge in [-0.15, -0.1) is 0 Å². The Labute approximate surface area is 107 Å². The molecular weight excluding hydrogens is 230 g/mol. The highest BCUT2D eigenvalue weighted by Crippen LogP contribution is 2.35. The van der Waals surface area contributed by atoms with E-state index >= 15 is 0 Å². The van der Waals surface area contributed by atoms with E-state index < -0.39 is 0 Å².